The number of nitrogens with two attached hydrogens (primary N) is 1. The molecule has 56 valence electrons. The molecule has 0 aliphatic heterocycles. The number of H-pyrrole nitrogens is 2. The molecule has 0 aromatic carbocycles. The van der Waals surface area contributed by atoms with Crippen molar-refractivity contribution in [2.24, 2.45) is 0 Å². The fraction of sp³-hybridized carbons (Fsp3) is 0. The van der Waals surface area contributed by atoms with Gasteiger partial charge in [-0.1, -0.05) is 0 Å². The molecular weight excluding hydrogens is 144 g/mol. The van der Waals surface area contributed by atoms with E-state index in [1.54, 1.807) is 6.07 Å². The zero-order chi connectivity index (χ0) is 7.84. The van der Waals surface area contributed by atoms with Gasteiger partial charge in [0, 0.05) is 0 Å². The average Bonchev–Trinajstić information content (AvgIpc) is 2.27. The van der Waals surface area contributed by atoms with Crippen LogP contribution in [0.15, 0.2) is 17.1 Å². The van der Waals surface area contributed by atoms with E-state index in [-0.39, 0.29) is 5.69 Å². The van der Waals surface area contributed by atoms with Gasteiger partial charge >= 0.3 is 5.69 Å². The predicted molar refractivity (Wildman–Crippen MR) is 41.1 cm³/mol. The van der Waals surface area contributed by atoms with Crippen LogP contribution >= 0.6 is 0 Å². The van der Waals surface area contributed by atoms with Crippen LogP contribution in [0.2, 0.25) is 0 Å². The first-order valence-corrected chi connectivity index (χ1v) is 3.09. The summed E-state index contributed by atoms with van der Waals surface area (Å²) in [4.78, 5) is 19.7. The van der Waals surface area contributed by atoms with E-state index in [0.717, 1.165) is 0 Å². The van der Waals surface area contributed by atoms with Gasteiger partial charge in [-0.3, -0.25) is 4.98 Å². The zero-order valence-electron chi connectivity index (χ0n) is 5.59. The van der Waals surface area contributed by atoms with Crippen LogP contribution in [0.3, 0.4) is 0 Å². The van der Waals surface area contributed by atoms with Crippen molar-refractivity contribution in [1.82, 2.24) is 15.0 Å². The molecule has 0 atom stereocenters. The number of pyridine rings is 1. The molecule has 2 rings (SSSR count). The predicted octanol–water partition coefficient (Wildman–Crippen LogP) is -0.167. The van der Waals surface area contributed by atoms with Crippen molar-refractivity contribution in [2.75, 3.05) is 5.73 Å². The molecule has 5 nitrogen and oxygen atoms in total. The Morgan fingerprint density at radius 2 is 2.27 bits per heavy atom. The second-order valence-corrected chi connectivity index (χ2v) is 2.24. The Morgan fingerprint density at radius 3 is 3.09 bits per heavy atom. The third kappa shape index (κ3) is 0.861. The topological polar surface area (TPSA) is 87.6 Å². The number of hydrogen-bond acceptors (Lipinski definition) is 3. The van der Waals surface area contributed by atoms with Crippen LogP contribution in [0.4, 0.5) is 5.69 Å². The molecule has 0 radical (unpaired) electrons. The SMILES string of the molecule is Nc1cnc2[nH]c(=O)[nH]c2c1. The summed E-state index contributed by atoms with van der Waals surface area (Å²) in [6.45, 7) is 0. The third-order valence-corrected chi connectivity index (χ3v) is 1.39. The molecule has 5 heteroatoms. The number of aromatic nitrogens is 3. The van der Waals surface area contributed by atoms with E-state index >= 15 is 0 Å². The highest BCUT2D eigenvalue weighted by molar-refractivity contribution is 5.73. The smallest absolute Gasteiger partial charge is 0.325 e. The Bertz CT molecular complexity index is 441. The second-order valence-electron chi connectivity index (χ2n) is 2.24. The van der Waals surface area contributed by atoms with Crippen molar-refractivity contribution < 1.29 is 0 Å². The third-order valence-electron chi connectivity index (χ3n) is 1.39. The van der Waals surface area contributed by atoms with Crippen LogP contribution in [0.5, 0.6) is 0 Å². The molecule has 0 saturated carbocycles. The summed E-state index contributed by atoms with van der Waals surface area (Å²) in [6.07, 6.45) is 1.49. The highest BCUT2D eigenvalue weighted by Gasteiger charge is 1.97. The van der Waals surface area contributed by atoms with Crippen molar-refractivity contribution in [3.05, 3.63) is 22.7 Å². The first-order valence-electron chi connectivity index (χ1n) is 3.09. The molecule has 11 heavy (non-hydrogen) atoms. The van der Waals surface area contributed by atoms with Crippen molar-refractivity contribution in [3.63, 3.8) is 0 Å². The lowest BCUT2D eigenvalue weighted by Crippen LogP contribution is -1.99. The molecule has 0 spiro atoms. The van der Waals surface area contributed by atoms with Crippen LogP contribution in [-0.2, 0) is 0 Å². The molecule has 2 heterocycles. The quantitative estimate of drug-likeness (QED) is 0.487. The maximum absolute atomic E-state index is 10.7. The number of hydrogen-bond donors (Lipinski definition) is 3. The van der Waals surface area contributed by atoms with E-state index in [1.807, 2.05) is 0 Å². The molecule has 0 bridgehead atoms. The van der Waals surface area contributed by atoms with Crippen LogP contribution in [-0.4, -0.2) is 15.0 Å². The minimum Gasteiger partial charge on any atom is -0.397 e. The maximum Gasteiger partial charge on any atom is 0.325 e. The van der Waals surface area contributed by atoms with Crippen LogP contribution in [0.25, 0.3) is 11.2 Å². The van der Waals surface area contributed by atoms with Gasteiger partial charge in [-0.05, 0) is 6.07 Å². The molecule has 0 saturated heterocycles. The van der Waals surface area contributed by atoms with E-state index in [0.29, 0.717) is 16.9 Å². The van der Waals surface area contributed by atoms with Gasteiger partial charge < -0.3 is 10.7 Å². The molecule has 2 aromatic rings. The van der Waals surface area contributed by atoms with Gasteiger partial charge in [0.05, 0.1) is 17.4 Å². The Morgan fingerprint density at radius 1 is 1.45 bits per heavy atom. The standard InChI is InChI=1S/C6H6N4O/c7-3-1-4-5(8-2-3)10-6(11)9-4/h1-2H,7H2,(H2,8,9,10,11). The summed E-state index contributed by atoms with van der Waals surface area (Å²) in [5.41, 5.74) is 6.87. The fourth-order valence-corrected chi connectivity index (χ4v) is 0.937. The van der Waals surface area contributed by atoms with Crippen molar-refractivity contribution >= 4 is 16.9 Å². The highest BCUT2D eigenvalue weighted by atomic mass is 16.1. The number of fused-ring (bicyclic) bond motifs is 1. The number of anilines is 1. The lowest BCUT2D eigenvalue weighted by molar-refractivity contribution is 1.20. The largest absolute Gasteiger partial charge is 0.397 e. The van der Waals surface area contributed by atoms with Crippen molar-refractivity contribution in [1.29, 1.82) is 0 Å². The number of aromatic amines is 2. The number of nitrogen functional groups attached to an aromatic ring is 1. The summed E-state index contributed by atoms with van der Waals surface area (Å²) in [7, 11) is 0. The van der Waals surface area contributed by atoms with Gasteiger partial charge in [0.1, 0.15) is 0 Å². The Balaban J connectivity index is 2.92. The average molecular weight is 150 g/mol. The van der Waals surface area contributed by atoms with Gasteiger partial charge in [-0.25, -0.2) is 9.78 Å². The van der Waals surface area contributed by atoms with E-state index < -0.39 is 0 Å². The molecule has 0 fully saturated rings. The minimum absolute atomic E-state index is 0.266. The van der Waals surface area contributed by atoms with Crippen LogP contribution in [0.1, 0.15) is 0 Å². The van der Waals surface area contributed by atoms with E-state index in [1.165, 1.54) is 6.20 Å². The summed E-state index contributed by atoms with van der Waals surface area (Å²) in [5, 5.41) is 0. The monoisotopic (exact) mass is 150 g/mol. The first-order chi connectivity index (χ1) is 5.25. The van der Waals surface area contributed by atoms with Gasteiger partial charge in [0.15, 0.2) is 5.65 Å². The second kappa shape index (κ2) is 1.85. The molecule has 0 aliphatic rings. The summed E-state index contributed by atoms with van der Waals surface area (Å²) >= 11 is 0. The zero-order valence-corrected chi connectivity index (χ0v) is 5.59. The minimum atomic E-state index is -0.266. The van der Waals surface area contributed by atoms with E-state index in [4.69, 9.17) is 5.73 Å². The Kier molecular flexibility index (Phi) is 1.00. The lowest BCUT2D eigenvalue weighted by Gasteiger charge is -1.89. The van der Waals surface area contributed by atoms with Gasteiger partial charge in [-0.2, -0.15) is 0 Å². The summed E-state index contributed by atoms with van der Waals surface area (Å²) < 4.78 is 0. The maximum atomic E-state index is 10.7. The van der Waals surface area contributed by atoms with Gasteiger partial charge in [0.2, 0.25) is 0 Å². The van der Waals surface area contributed by atoms with Gasteiger partial charge in [-0.15, -0.1) is 0 Å². The molecule has 2 aromatic heterocycles. The molecular formula is C6H6N4O. The van der Waals surface area contributed by atoms with Crippen LogP contribution in [0, 0.1) is 0 Å². The van der Waals surface area contributed by atoms with E-state index in [9.17, 15) is 4.79 Å². The Labute approximate surface area is 61.3 Å². The van der Waals surface area contributed by atoms with Crippen LogP contribution < -0.4 is 11.4 Å². The molecule has 4 N–H and O–H groups in total. The molecule has 0 aliphatic carbocycles. The number of nitrogens with one attached hydrogen (secondary N) is 2. The first kappa shape index (κ1) is 5.96. The van der Waals surface area contributed by atoms with E-state index in [2.05, 4.69) is 15.0 Å². The Hall–Kier alpha value is -1.78. The lowest BCUT2D eigenvalue weighted by atomic mass is 10.4. The number of rotatable bonds is 0. The fourth-order valence-electron chi connectivity index (χ4n) is 0.937. The number of imidazole rings is 1. The van der Waals surface area contributed by atoms with Crippen molar-refractivity contribution in [2.45, 2.75) is 0 Å². The normalized spacial score (nSPS) is 10.5. The summed E-state index contributed by atoms with van der Waals surface area (Å²) in [6, 6.07) is 1.65. The number of nitrogens with zero attached hydrogens (tertiary/aromatic N) is 1. The highest BCUT2D eigenvalue weighted by Crippen LogP contribution is 2.06. The molecule has 0 unspecified atom stereocenters. The molecule has 0 amide bonds. The van der Waals surface area contributed by atoms with Crippen molar-refractivity contribution in [3.8, 4) is 0 Å². The summed E-state index contributed by atoms with van der Waals surface area (Å²) in [5.74, 6) is 0. The van der Waals surface area contributed by atoms with Gasteiger partial charge in [0.25, 0.3) is 0 Å².